The number of likely N-dealkylation sites (N-methyl/N-ethyl adjacent to an activating group) is 1. The zero-order valence-corrected chi connectivity index (χ0v) is 11.3. The minimum atomic E-state index is 0.0825. The maximum absolute atomic E-state index is 12.5. The van der Waals surface area contributed by atoms with Gasteiger partial charge in [-0.05, 0) is 69.3 Å². The molecule has 2 nitrogen and oxygen atoms in total. The smallest absolute Gasteiger partial charge is 0.180 e. The summed E-state index contributed by atoms with van der Waals surface area (Å²) in [6.45, 7) is 0. The highest BCUT2D eigenvalue weighted by Crippen LogP contribution is 2.32. The number of hydrogen-bond acceptors (Lipinski definition) is 2. The van der Waals surface area contributed by atoms with Gasteiger partial charge in [0.05, 0.1) is 6.04 Å². The molecule has 1 unspecified atom stereocenters. The van der Waals surface area contributed by atoms with Gasteiger partial charge in [0.2, 0.25) is 0 Å². The van der Waals surface area contributed by atoms with E-state index in [2.05, 4.69) is 17.0 Å². The molecule has 2 aliphatic rings. The third kappa shape index (κ3) is 1.79. The van der Waals surface area contributed by atoms with E-state index in [-0.39, 0.29) is 6.04 Å². The van der Waals surface area contributed by atoms with Crippen molar-refractivity contribution in [3.05, 3.63) is 34.4 Å². The van der Waals surface area contributed by atoms with Crippen LogP contribution in [0.1, 0.15) is 46.3 Å². The molecular formula is C16H21NO. The zero-order chi connectivity index (χ0) is 12.7. The monoisotopic (exact) mass is 243 g/mol. The SMILES string of the molecule is CN(C)C1CCc2c(ccc3c2CCCC3)C1=O. The third-order valence-corrected chi connectivity index (χ3v) is 4.51. The van der Waals surface area contributed by atoms with Crippen LogP contribution in [0.2, 0.25) is 0 Å². The Morgan fingerprint density at radius 2 is 1.83 bits per heavy atom. The van der Waals surface area contributed by atoms with Gasteiger partial charge in [0, 0.05) is 5.56 Å². The van der Waals surface area contributed by atoms with Crippen LogP contribution >= 0.6 is 0 Å². The lowest BCUT2D eigenvalue weighted by molar-refractivity contribution is 0.0853. The predicted molar refractivity (Wildman–Crippen MR) is 73.2 cm³/mol. The van der Waals surface area contributed by atoms with Crippen molar-refractivity contribution < 1.29 is 4.79 Å². The van der Waals surface area contributed by atoms with Crippen molar-refractivity contribution in [2.75, 3.05) is 14.1 Å². The predicted octanol–water partition coefficient (Wildman–Crippen LogP) is 2.62. The average Bonchev–Trinajstić information content (AvgIpc) is 2.38. The summed E-state index contributed by atoms with van der Waals surface area (Å²) in [4.78, 5) is 14.6. The number of ketones is 1. The summed E-state index contributed by atoms with van der Waals surface area (Å²) in [6.07, 6.45) is 7.03. The Morgan fingerprint density at radius 1 is 1.06 bits per heavy atom. The number of benzene rings is 1. The number of hydrogen-bond donors (Lipinski definition) is 0. The number of carbonyl (C=O) groups excluding carboxylic acids is 1. The van der Waals surface area contributed by atoms with Crippen molar-refractivity contribution in [2.45, 2.75) is 44.6 Å². The van der Waals surface area contributed by atoms with Crippen molar-refractivity contribution in [3.8, 4) is 0 Å². The quantitative estimate of drug-likeness (QED) is 0.755. The summed E-state index contributed by atoms with van der Waals surface area (Å²) in [5, 5.41) is 0. The fraction of sp³-hybridized carbons (Fsp3) is 0.562. The number of nitrogens with zero attached hydrogens (tertiary/aromatic N) is 1. The Kier molecular flexibility index (Phi) is 2.98. The standard InChI is InChI=1S/C16H21NO/c1-17(2)15-10-9-13-12-6-4-3-5-11(12)7-8-14(13)16(15)18/h7-8,15H,3-6,9-10H2,1-2H3. The highest BCUT2D eigenvalue weighted by Gasteiger charge is 2.31. The first kappa shape index (κ1) is 11.9. The normalized spacial score (nSPS) is 22.8. The van der Waals surface area contributed by atoms with Gasteiger partial charge in [-0.2, -0.15) is 0 Å². The van der Waals surface area contributed by atoms with E-state index in [1.807, 2.05) is 14.1 Å². The molecule has 1 atom stereocenters. The molecular weight excluding hydrogens is 222 g/mol. The number of rotatable bonds is 1. The molecule has 0 spiro atoms. The van der Waals surface area contributed by atoms with Gasteiger partial charge < -0.3 is 0 Å². The molecule has 2 heteroatoms. The Labute approximate surface area is 109 Å². The van der Waals surface area contributed by atoms with E-state index < -0.39 is 0 Å². The molecule has 0 aromatic heterocycles. The van der Waals surface area contributed by atoms with Crippen molar-refractivity contribution >= 4 is 5.78 Å². The molecule has 0 saturated carbocycles. The fourth-order valence-corrected chi connectivity index (χ4v) is 3.51. The molecule has 0 radical (unpaired) electrons. The van der Waals surface area contributed by atoms with Crippen molar-refractivity contribution in [1.82, 2.24) is 4.90 Å². The lowest BCUT2D eigenvalue weighted by atomic mass is 9.78. The summed E-state index contributed by atoms with van der Waals surface area (Å²) >= 11 is 0. The first-order chi connectivity index (χ1) is 8.68. The summed E-state index contributed by atoms with van der Waals surface area (Å²) in [5.41, 5.74) is 5.37. The highest BCUT2D eigenvalue weighted by atomic mass is 16.1. The van der Waals surface area contributed by atoms with Crippen molar-refractivity contribution in [2.24, 2.45) is 0 Å². The van der Waals surface area contributed by atoms with Crippen LogP contribution in [0.5, 0.6) is 0 Å². The lowest BCUT2D eigenvalue weighted by Gasteiger charge is -2.31. The van der Waals surface area contributed by atoms with Crippen LogP contribution in [0, 0.1) is 0 Å². The van der Waals surface area contributed by atoms with E-state index in [0.29, 0.717) is 5.78 Å². The van der Waals surface area contributed by atoms with Gasteiger partial charge in [-0.15, -0.1) is 0 Å². The van der Waals surface area contributed by atoms with E-state index in [0.717, 1.165) is 18.4 Å². The van der Waals surface area contributed by atoms with E-state index >= 15 is 0 Å². The Bertz CT molecular complexity index is 490. The largest absolute Gasteiger partial charge is 0.299 e. The van der Waals surface area contributed by atoms with Crippen molar-refractivity contribution in [1.29, 1.82) is 0 Å². The fourth-order valence-electron chi connectivity index (χ4n) is 3.51. The summed E-state index contributed by atoms with van der Waals surface area (Å²) in [7, 11) is 4.01. The van der Waals surface area contributed by atoms with E-state index in [1.165, 1.54) is 42.4 Å². The number of aryl methyl sites for hydroxylation is 1. The van der Waals surface area contributed by atoms with Crippen LogP contribution in [-0.2, 0) is 19.3 Å². The first-order valence-corrected chi connectivity index (χ1v) is 7.03. The number of Topliss-reactive ketones (excluding diaryl/α,β-unsaturated/α-hetero) is 1. The van der Waals surface area contributed by atoms with Crippen LogP contribution in [0.4, 0.5) is 0 Å². The Hall–Kier alpha value is -1.15. The zero-order valence-electron chi connectivity index (χ0n) is 11.3. The molecule has 18 heavy (non-hydrogen) atoms. The van der Waals surface area contributed by atoms with Crippen LogP contribution in [-0.4, -0.2) is 30.8 Å². The maximum atomic E-state index is 12.5. The minimum Gasteiger partial charge on any atom is -0.299 e. The maximum Gasteiger partial charge on any atom is 0.180 e. The molecule has 0 heterocycles. The molecule has 1 aromatic carbocycles. The topological polar surface area (TPSA) is 20.3 Å². The van der Waals surface area contributed by atoms with Crippen LogP contribution in [0.15, 0.2) is 12.1 Å². The molecule has 0 N–H and O–H groups in total. The molecule has 96 valence electrons. The molecule has 0 fully saturated rings. The summed E-state index contributed by atoms with van der Waals surface area (Å²) < 4.78 is 0. The molecule has 1 aromatic rings. The Morgan fingerprint density at radius 3 is 2.61 bits per heavy atom. The van der Waals surface area contributed by atoms with Crippen LogP contribution in [0.3, 0.4) is 0 Å². The van der Waals surface area contributed by atoms with E-state index in [9.17, 15) is 4.79 Å². The second-order valence-corrected chi connectivity index (χ2v) is 5.82. The van der Waals surface area contributed by atoms with Crippen molar-refractivity contribution in [3.63, 3.8) is 0 Å². The summed E-state index contributed by atoms with van der Waals surface area (Å²) in [6, 6.07) is 4.36. The number of carbonyl (C=O) groups is 1. The molecule has 2 aliphatic carbocycles. The van der Waals surface area contributed by atoms with Gasteiger partial charge in [-0.25, -0.2) is 0 Å². The summed E-state index contributed by atoms with van der Waals surface area (Å²) in [5.74, 6) is 0.328. The van der Waals surface area contributed by atoms with Gasteiger partial charge in [-0.3, -0.25) is 9.69 Å². The van der Waals surface area contributed by atoms with Crippen LogP contribution < -0.4 is 0 Å². The molecule has 0 saturated heterocycles. The first-order valence-electron chi connectivity index (χ1n) is 7.03. The lowest BCUT2D eigenvalue weighted by Crippen LogP contribution is -2.39. The van der Waals surface area contributed by atoms with Gasteiger partial charge in [0.25, 0.3) is 0 Å². The molecule has 3 rings (SSSR count). The second kappa shape index (κ2) is 4.51. The average molecular weight is 243 g/mol. The van der Waals surface area contributed by atoms with Gasteiger partial charge in [0.1, 0.15) is 0 Å². The van der Waals surface area contributed by atoms with E-state index in [4.69, 9.17) is 0 Å². The Balaban J connectivity index is 2.05. The molecule has 0 bridgehead atoms. The highest BCUT2D eigenvalue weighted by molar-refractivity contribution is 6.02. The van der Waals surface area contributed by atoms with Gasteiger partial charge in [-0.1, -0.05) is 12.1 Å². The van der Waals surface area contributed by atoms with Gasteiger partial charge >= 0.3 is 0 Å². The third-order valence-electron chi connectivity index (χ3n) is 4.51. The molecule has 0 amide bonds. The number of fused-ring (bicyclic) bond motifs is 3. The van der Waals surface area contributed by atoms with Gasteiger partial charge in [0.15, 0.2) is 5.78 Å². The molecule has 0 aliphatic heterocycles. The van der Waals surface area contributed by atoms with E-state index in [1.54, 1.807) is 0 Å². The second-order valence-electron chi connectivity index (χ2n) is 5.82. The minimum absolute atomic E-state index is 0.0825. The van der Waals surface area contributed by atoms with Crippen LogP contribution in [0.25, 0.3) is 0 Å².